The number of methoxy groups -OCH3 is 2. The van der Waals surface area contributed by atoms with Crippen LogP contribution >= 0.6 is 0 Å². The summed E-state index contributed by atoms with van der Waals surface area (Å²) < 4.78 is 29.0. The summed E-state index contributed by atoms with van der Waals surface area (Å²) in [6.45, 7) is 14.5. The maximum absolute atomic E-state index is 9.43. The lowest BCUT2D eigenvalue weighted by atomic mass is 10.0. The zero-order valence-electron chi connectivity index (χ0n) is 15.9. The average molecular weight is 346 g/mol. The monoisotopic (exact) mass is 345 g/mol. The predicted octanol–water partition coefficient (Wildman–Crippen LogP) is 3.04. The molecule has 0 spiro atoms. The van der Waals surface area contributed by atoms with Gasteiger partial charge in [0.05, 0.1) is 12.7 Å². The SMILES string of the molecule is CO[C@@]1(C)O[C@H](C#N)[C@@H](CO[Si](C)(C)C(C)(C)C)O[C@]1(C)OC. The van der Waals surface area contributed by atoms with E-state index in [0.717, 1.165) is 0 Å². The predicted molar refractivity (Wildman–Crippen MR) is 89.3 cm³/mol. The summed E-state index contributed by atoms with van der Waals surface area (Å²) in [4.78, 5) is 0. The van der Waals surface area contributed by atoms with Crippen molar-refractivity contribution >= 4 is 8.32 Å². The van der Waals surface area contributed by atoms with E-state index in [0.29, 0.717) is 0 Å². The lowest BCUT2D eigenvalue weighted by Crippen LogP contribution is -2.66. The topological polar surface area (TPSA) is 69.9 Å². The fraction of sp³-hybridized carbons (Fsp3) is 0.938. The molecule has 0 aromatic heterocycles. The molecule has 0 unspecified atom stereocenters. The van der Waals surface area contributed by atoms with Crippen LogP contribution in [0.25, 0.3) is 0 Å². The minimum atomic E-state index is -1.95. The second-order valence-electron chi connectivity index (χ2n) is 7.69. The maximum Gasteiger partial charge on any atom is 0.221 e. The summed E-state index contributed by atoms with van der Waals surface area (Å²) in [5.41, 5.74) is 0. The number of hydrogen-bond acceptors (Lipinski definition) is 6. The van der Waals surface area contributed by atoms with Crippen LogP contribution in [0.15, 0.2) is 0 Å². The first-order chi connectivity index (χ1) is 10.4. The largest absolute Gasteiger partial charge is 0.414 e. The van der Waals surface area contributed by atoms with E-state index in [-0.39, 0.29) is 11.6 Å². The maximum atomic E-state index is 9.43. The fourth-order valence-corrected chi connectivity index (χ4v) is 3.10. The summed E-state index contributed by atoms with van der Waals surface area (Å²) in [6, 6.07) is 2.13. The summed E-state index contributed by atoms with van der Waals surface area (Å²) in [6.07, 6.45) is -1.32. The molecule has 1 rings (SSSR count). The number of hydrogen-bond donors (Lipinski definition) is 0. The van der Waals surface area contributed by atoms with Crippen molar-refractivity contribution in [2.45, 2.75) is 76.5 Å². The third kappa shape index (κ3) is 3.95. The van der Waals surface area contributed by atoms with Gasteiger partial charge in [-0.15, -0.1) is 0 Å². The summed E-state index contributed by atoms with van der Waals surface area (Å²) in [5, 5.41) is 9.51. The summed E-state index contributed by atoms with van der Waals surface area (Å²) in [7, 11) is 1.08. The smallest absolute Gasteiger partial charge is 0.221 e. The second-order valence-corrected chi connectivity index (χ2v) is 12.5. The molecule has 0 amide bonds. The highest BCUT2D eigenvalue weighted by molar-refractivity contribution is 6.74. The molecule has 1 fully saturated rings. The van der Waals surface area contributed by atoms with Crippen LogP contribution in [0.1, 0.15) is 34.6 Å². The first-order valence-corrected chi connectivity index (χ1v) is 10.8. The van der Waals surface area contributed by atoms with Gasteiger partial charge in [-0.2, -0.15) is 5.26 Å². The number of ether oxygens (including phenoxy) is 4. The van der Waals surface area contributed by atoms with Crippen molar-refractivity contribution in [1.29, 1.82) is 5.26 Å². The molecule has 4 atom stereocenters. The molecule has 0 radical (unpaired) electrons. The Morgan fingerprint density at radius 3 is 1.96 bits per heavy atom. The Bertz CT molecular complexity index is 458. The van der Waals surface area contributed by atoms with Crippen LogP contribution in [0.4, 0.5) is 0 Å². The highest BCUT2D eigenvalue weighted by atomic mass is 28.4. The summed E-state index contributed by atoms with van der Waals surface area (Å²) in [5.74, 6) is -2.30. The molecule has 6 nitrogen and oxygen atoms in total. The van der Waals surface area contributed by atoms with E-state index in [9.17, 15) is 5.26 Å². The van der Waals surface area contributed by atoms with Gasteiger partial charge in [0.15, 0.2) is 14.4 Å². The molecule has 134 valence electrons. The number of nitriles is 1. The molecule has 0 aliphatic carbocycles. The highest BCUT2D eigenvalue weighted by Gasteiger charge is 2.57. The Balaban J connectivity index is 2.93. The lowest BCUT2D eigenvalue weighted by molar-refractivity contribution is -0.442. The normalized spacial score (nSPS) is 35.8. The van der Waals surface area contributed by atoms with E-state index < -0.39 is 32.1 Å². The first kappa shape index (κ1) is 20.6. The molecule has 1 aliphatic rings. The van der Waals surface area contributed by atoms with E-state index in [1.165, 1.54) is 14.2 Å². The molecule has 1 heterocycles. The molecule has 0 saturated carbocycles. The minimum absolute atomic E-state index is 0.0796. The van der Waals surface area contributed by atoms with Crippen LogP contribution in [0, 0.1) is 11.3 Å². The molecular formula is C16H31NO5Si. The van der Waals surface area contributed by atoms with E-state index in [4.69, 9.17) is 23.4 Å². The highest BCUT2D eigenvalue weighted by Crippen LogP contribution is 2.41. The molecular weight excluding hydrogens is 314 g/mol. The molecule has 0 aromatic carbocycles. The molecule has 1 saturated heterocycles. The Morgan fingerprint density at radius 1 is 1.09 bits per heavy atom. The fourth-order valence-electron chi connectivity index (χ4n) is 2.09. The second kappa shape index (κ2) is 6.79. The molecule has 0 aromatic rings. The molecule has 0 N–H and O–H groups in total. The van der Waals surface area contributed by atoms with Gasteiger partial charge in [0.1, 0.15) is 6.10 Å². The first-order valence-electron chi connectivity index (χ1n) is 7.85. The van der Waals surface area contributed by atoms with Gasteiger partial charge in [0.25, 0.3) is 0 Å². The van der Waals surface area contributed by atoms with Gasteiger partial charge in [-0.25, -0.2) is 0 Å². The Morgan fingerprint density at radius 2 is 1.57 bits per heavy atom. The van der Waals surface area contributed by atoms with Crippen LogP contribution in [-0.4, -0.2) is 52.9 Å². The molecule has 1 aliphatic heterocycles. The Kier molecular flexibility index (Phi) is 6.06. The lowest BCUT2D eigenvalue weighted by Gasteiger charge is -2.51. The van der Waals surface area contributed by atoms with Crippen LogP contribution in [0.2, 0.25) is 18.1 Å². The van der Waals surface area contributed by atoms with Crippen molar-refractivity contribution in [3.63, 3.8) is 0 Å². The summed E-state index contributed by atoms with van der Waals surface area (Å²) >= 11 is 0. The zero-order chi connectivity index (χ0) is 18.1. The van der Waals surface area contributed by atoms with E-state index in [1.54, 1.807) is 13.8 Å². The van der Waals surface area contributed by atoms with Crippen LogP contribution in [-0.2, 0) is 23.4 Å². The van der Waals surface area contributed by atoms with Crippen molar-refractivity contribution in [2.24, 2.45) is 0 Å². The quantitative estimate of drug-likeness (QED) is 0.713. The van der Waals surface area contributed by atoms with Gasteiger partial charge < -0.3 is 23.4 Å². The van der Waals surface area contributed by atoms with Crippen molar-refractivity contribution in [1.82, 2.24) is 0 Å². The Hall–Kier alpha value is -0.493. The van der Waals surface area contributed by atoms with E-state index in [2.05, 4.69) is 39.9 Å². The molecule has 7 heteroatoms. The van der Waals surface area contributed by atoms with Crippen LogP contribution in [0.3, 0.4) is 0 Å². The third-order valence-corrected chi connectivity index (χ3v) is 9.71. The van der Waals surface area contributed by atoms with E-state index in [1.807, 2.05) is 0 Å². The van der Waals surface area contributed by atoms with Crippen molar-refractivity contribution in [3.8, 4) is 6.07 Å². The van der Waals surface area contributed by atoms with Gasteiger partial charge in [0.2, 0.25) is 11.6 Å². The zero-order valence-corrected chi connectivity index (χ0v) is 16.9. The van der Waals surface area contributed by atoms with Crippen LogP contribution in [0.5, 0.6) is 0 Å². The van der Waals surface area contributed by atoms with Gasteiger partial charge in [0, 0.05) is 14.2 Å². The van der Waals surface area contributed by atoms with Gasteiger partial charge in [-0.05, 0) is 32.0 Å². The third-order valence-electron chi connectivity index (χ3n) is 5.21. The molecule has 23 heavy (non-hydrogen) atoms. The Labute approximate surface area is 141 Å². The number of nitrogens with zero attached hydrogens (tertiary/aromatic N) is 1. The number of rotatable bonds is 5. The molecule has 0 bridgehead atoms. The van der Waals surface area contributed by atoms with Crippen molar-refractivity contribution in [3.05, 3.63) is 0 Å². The van der Waals surface area contributed by atoms with E-state index >= 15 is 0 Å². The van der Waals surface area contributed by atoms with Crippen molar-refractivity contribution in [2.75, 3.05) is 20.8 Å². The van der Waals surface area contributed by atoms with Gasteiger partial charge in [-0.1, -0.05) is 20.8 Å². The van der Waals surface area contributed by atoms with Gasteiger partial charge >= 0.3 is 0 Å². The average Bonchev–Trinajstić information content (AvgIpc) is 2.46. The van der Waals surface area contributed by atoms with Crippen LogP contribution < -0.4 is 0 Å². The van der Waals surface area contributed by atoms with Gasteiger partial charge in [-0.3, -0.25) is 0 Å². The minimum Gasteiger partial charge on any atom is -0.414 e. The van der Waals surface area contributed by atoms with Crippen molar-refractivity contribution < 1.29 is 23.4 Å². The standard InChI is InChI=1S/C16H31NO5Si/c1-14(2,3)23(8,9)20-11-13-12(10-17)21-15(4,18-6)16(5,19-7)22-13/h12-13H,11H2,1-9H3/t12-,13-,15+,16+/m1/s1.